The Bertz CT molecular complexity index is 476. The summed E-state index contributed by atoms with van der Waals surface area (Å²) in [5.41, 5.74) is 7.56. The van der Waals surface area contributed by atoms with Gasteiger partial charge in [-0.3, -0.25) is 9.69 Å². The van der Waals surface area contributed by atoms with Crippen molar-refractivity contribution in [3.8, 4) is 0 Å². The van der Waals surface area contributed by atoms with Gasteiger partial charge in [-0.2, -0.15) is 0 Å². The molecule has 1 aromatic rings. The summed E-state index contributed by atoms with van der Waals surface area (Å²) in [4.78, 5) is 14.6. The van der Waals surface area contributed by atoms with Gasteiger partial charge in [0.25, 0.3) is 0 Å². The van der Waals surface area contributed by atoms with Crippen molar-refractivity contribution >= 4 is 28.8 Å². The Morgan fingerprint density at radius 1 is 1.50 bits per heavy atom. The molecule has 0 aliphatic heterocycles. The molecule has 1 rings (SSSR count). The topological polar surface area (TPSA) is 58.4 Å². The highest BCUT2D eigenvalue weighted by molar-refractivity contribution is 7.80. The van der Waals surface area contributed by atoms with Gasteiger partial charge in [-0.05, 0) is 31.2 Å². The van der Waals surface area contributed by atoms with Crippen LogP contribution >= 0.6 is 12.2 Å². The van der Waals surface area contributed by atoms with Crippen LogP contribution in [0.5, 0.6) is 0 Å². The highest BCUT2D eigenvalue weighted by atomic mass is 32.1. The van der Waals surface area contributed by atoms with Crippen molar-refractivity contribution in [1.82, 2.24) is 4.90 Å². The van der Waals surface area contributed by atoms with E-state index in [4.69, 9.17) is 18.0 Å². The number of nitrogens with one attached hydrogen (secondary N) is 1. The number of benzene rings is 1. The predicted molar refractivity (Wildman–Crippen MR) is 87.9 cm³/mol. The Morgan fingerprint density at radius 2 is 2.20 bits per heavy atom. The van der Waals surface area contributed by atoms with Crippen molar-refractivity contribution in [1.29, 1.82) is 0 Å². The summed E-state index contributed by atoms with van der Waals surface area (Å²) in [6.45, 7) is 7.83. The Kier molecular flexibility index (Phi) is 6.61. The molecule has 1 atom stereocenters. The lowest BCUT2D eigenvalue weighted by molar-refractivity contribution is -0.117. The molecule has 110 valence electrons. The molecular weight excluding hydrogens is 270 g/mol. The second kappa shape index (κ2) is 7.97. The zero-order chi connectivity index (χ0) is 15.1. The number of hydrogen-bond acceptors (Lipinski definition) is 3. The number of nitrogens with two attached hydrogens (primary N) is 1. The molecule has 0 bridgehead atoms. The first-order valence-electron chi connectivity index (χ1n) is 6.80. The number of hydrogen-bond donors (Lipinski definition) is 2. The molecular formula is C15H23N3OS. The first-order valence-corrected chi connectivity index (χ1v) is 7.21. The van der Waals surface area contributed by atoms with Gasteiger partial charge in [-0.25, -0.2) is 0 Å². The van der Waals surface area contributed by atoms with Gasteiger partial charge in [0.1, 0.15) is 0 Å². The maximum atomic E-state index is 12.0. The molecule has 0 aliphatic rings. The summed E-state index contributed by atoms with van der Waals surface area (Å²) >= 11 is 4.97. The van der Waals surface area contributed by atoms with E-state index in [9.17, 15) is 4.79 Å². The van der Waals surface area contributed by atoms with Crippen LogP contribution in [-0.2, 0) is 4.79 Å². The highest BCUT2D eigenvalue weighted by Gasteiger charge is 2.14. The van der Waals surface area contributed by atoms with Crippen LogP contribution < -0.4 is 11.1 Å². The molecule has 4 nitrogen and oxygen atoms in total. The molecule has 3 N–H and O–H groups in total. The SMILES string of the molecule is CCN(CC(=O)Nc1cccc(C)c1)CC(C)C(N)=S. The second-order valence-electron chi connectivity index (χ2n) is 5.05. The minimum absolute atomic E-state index is 0.0208. The number of thiocarbonyl (C=S) groups is 1. The van der Waals surface area contributed by atoms with Crippen molar-refractivity contribution in [2.75, 3.05) is 25.0 Å². The fourth-order valence-electron chi connectivity index (χ4n) is 1.91. The third kappa shape index (κ3) is 5.67. The summed E-state index contributed by atoms with van der Waals surface area (Å²) in [5.74, 6) is 0.0873. The van der Waals surface area contributed by atoms with E-state index in [1.807, 2.05) is 49.9 Å². The first-order chi connectivity index (χ1) is 9.42. The lowest BCUT2D eigenvalue weighted by atomic mass is 10.1. The van der Waals surface area contributed by atoms with Gasteiger partial charge in [0.05, 0.1) is 11.5 Å². The van der Waals surface area contributed by atoms with Crippen molar-refractivity contribution in [2.24, 2.45) is 11.7 Å². The van der Waals surface area contributed by atoms with Crippen LogP contribution in [0.3, 0.4) is 0 Å². The molecule has 1 unspecified atom stereocenters. The molecule has 0 saturated carbocycles. The molecule has 0 aliphatic carbocycles. The monoisotopic (exact) mass is 293 g/mol. The summed E-state index contributed by atoms with van der Waals surface area (Å²) < 4.78 is 0. The number of carbonyl (C=O) groups excluding carboxylic acids is 1. The molecule has 5 heteroatoms. The minimum Gasteiger partial charge on any atom is -0.393 e. The van der Waals surface area contributed by atoms with E-state index in [-0.39, 0.29) is 11.8 Å². The van der Waals surface area contributed by atoms with E-state index in [1.165, 1.54) is 0 Å². The van der Waals surface area contributed by atoms with Crippen LogP contribution in [0.4, 0.5) is 5.69 Å². The molecule has 1 aromatic carbocycles. The quantitative estimate of drug-likeness (QED) is 0.757. The Hall–Kier alpha value is -1.46. The van der Waals surface area contributed by atoms with Gasteiger partial charge in [-0.15, -0.1) is 0 Å². The van der Waals surface area contributed by atoms with E-state index in [2.05, 4.69) is 5.32 Å². The molecule has 0 radical (unpaired) electrons. The second-order valence-corrected chi connectivity index (χ2v) is 5.52. The fraction of sp³-hybridized carbons (Fsp3) is 0.467. The molecule has 0 spiro atoms. The van der Waals surface area contributed by atoms with Gasteiger partial charge in [0, 0.05) is 18.2 Å². The average Bonchev–Trinajstić information content (AvgIpc) is 2.37. The molecule has 0 heterocycles. The Balaban J connectivity index is 2.53. The molecule has 0 fully saturated rings. The molecule has 1 amide bonds. The summed E-state index contributed by atoms with van der Waals surface area (Å²) in [6, 6.07) is 7.76. The van der Waals surface area contributed by atoms with E-state index in [0.29, 0.717) is 18.1 Å². The lowest BCUT2D eigenvalue weighted by Crippen LogP contribution is -2.38. The van der Waals surface area contributed by atoms with E-state index < -0.39 is 0 Å². The molecule has 0 saturated heterocycles. The van der Waals surface area contributed by atoms with Crippen LogP contribution in [0.1, 0.15) is 19.4 Å². The van der Waals surface area contributed by atoms with Gasteiger partial charge >= 0.3 is 0 Å². The van der Waals surface area contributed by atoms with Crippen molar-refractivity contribution in [3.05, 3.63) is 29.8 Å². The highest BCUT2D eigenvalue weighted by Crippen LogP contribution is 2.09. The van der Waals surface area contributed by atoms with Gasteiger partial charge in [-0.1, -0.05) is 38.2 Å². The van der Waals surface area contributed by atoms with Gasteiger partial charge in [0.2, 0.25) is 5.91 Å². The maximum Gasteiger partial charge on any atom is 0.238 e. The van der Waals surface area contributed by atoms with E-state index >= 15 is 0 Å². The van der Waals surface area contributed by atoms with Crippen LogP contribution in [0.15, 0.2) is 24.3 Å². The summed E-state index contributed by atoms with van der Waals surface area (Å²) in [6.07, 6.45) is 0. The fourth-order valence-corrected chi connectivity index (χ4v) is 1.98. The van der Waals surface area contributed by atoms with E-state index in [1.54, 1.807) is 0 Å². The van der Waals surface area contributed by atoms with Gasteiger partial charge < -0.3 is 11.1 Å². The zero-order valence-electron chi connectivity index (χ0n) is 12.3. The maximum absolute atomic E-state index is 12.0. The average molecular weight is 293 g/mol. The van der Waals surface area contributed by atoms with Crippen LogP contribution in [-0.4, -0.2) is 35.4 Å². The van der Waals surface area contributed by atoms with Gasteiger partial charge in [0.15, 0.2) is 0 Å². The number of anilines is 1. The molecule has 0 aromatic heterocycles. The number of likely N-dealkylation sites (N-methyl/N-ethyl adjacent to an activating group) is 1. The number of rotatable bonds is 7. The number of aryl methyl sites for hydroxylation is 1. The van der Waals surface area contributed by atoms with Crippen molar-refractivity contribution < 1.29 is 4.79 Å². The first kappa shape index (κ1) is 16.6. The number of amides is 1. The van der Waals surface area contributed by atoms with Crippen LogP contribution in [0.2, 0.25) is 0 Å². The standard InChI is InChI=1S/C15H23N3OS/c1-4-18(9-12(3)15(16)20)10-14(19)17-13-7-5-6-11(2)8-13/h5-8,12H,4,9-10H2,1-3H3,(H2,16,20)(H,17,19). The van der Waals surface area contributed by atoms with E-state index in [0.717, 1.165) is 17.8 Å². The largest absolute Gasteiger partial charge is 0.393 e. The lowest BCUT2D eigenvalue weighted by Gasteiger charge is -2.23. The predicted octanol–water partition coefficient (Wildman–Crippen LogP) is 2.18. The third-order valence-electron chi connectivity index (χ3n) is 3.13. The number of nitrogens with zero attached hydrogens (tertiary/aromatic N) is 1. The Morgan fingerprint density at radius 3 is 2.75 bits per heavy atom. The normalized spacial score (nSPS) is 12.2. The third-order valence-corrected chi connectivity index (χ3v) is 3.54. The Labute approximate surface area is 126 Å². The van der Waals surface area contributed by atoms with Crippen molar-refractivity contribution in [2.45, 2.75) is 20.8 Å². The zero-order valence-corrected chi connectivity index (χ0v) is 13.2. The van der Waals surface area contributed by atoms with Crippen LogP contribution in [0, 0.1) is 12.8 Å². The number of carbonyl (C=O) groups is 1. The van der Waals surface area contributed by atoms with Crippen molar-refractivity contribution in [3.63, 3.8) is 0 Å². The minimum atomic E-state index is -0.0208. The summed E-state index contributed by atoms with van der Waals surface area (Å²) in [7, 11) is 0. The smallest absolute Gasteiger partial charge is 0.238 e. The van der Waals surface area contributed by atoms with Crippen LogP contribution in [0.25, 0.3) is 0 Å². The summed E-state index contributed by atoms with van der Waals surface area (Å²) in [5, 5.41) is 2.91. The molecule has 20 heavy (non-hydrogen) atoms.